The van der Waals surface area contributed by atoms with Crippen LogP contribution in [0.1, 0.15) is 25.5 Å². The van der Waals surface area contributed by atoms with E-state index in [4.69, 9.17) is 4.74 Å². The summed E-state index contributed by atoms with van der Waals surface area (Å²) in [6.07, 6.45) is -0.455. The maximum atomic E-state index is 9.35. The fraction of sp³-hybridized carbons (Fsp3) is 0.333. The average Bonchev–Trinajstić information content (AvgIpc) is 2.15. The highest BCUT2D eigenvalue weighted by molar-refractivity contribution is 5.29. The fourth-order valence-corrected chi connectivity index (χ4v) is 1.07. The van der Waals surface area contributed by atoms with Gasteiger partial charge in [-0.3, -0.25) is 0 Å². The van der Waals surface area contributed by atoms with E-state index in [-0.39, 0.29) is 0 Å². The lowest BCUT2D eigenvalue weighted by molar-refractivity contribution is 0.198. The summed E-state index contributed by atoms with van der Waals surface area (Å²) in [5.41, 5.74) is 1.84. The Labute approximate surface area is 84.8 Å². The highest BCUT2D eigenvalue weighted by atomic mass is 16.5. The Morgan fingerprint density at radius 1 is 1.57 bits per heavy atom. The van der Waals surface area contributed by atoms with Gasteiger partial charge < -0.3 is 9.84 Å². The van der Waals surface area contributed by atoms with Crippen molar-refractivity contribution in [1.82, 2.24) is 0 Å². The maximum Gasteiger partial charge on any atom is 0.120 e. The molecule has 0 aliphatic rings. The smallest absolute Gasteiger partial charge is 0.120 e. The first-order valence-electron chi connectivity index (χ1n) is 4.65. The molecular weight excluding hydrogens is 176 g/mol. The first-order chi connectivity index (χ1) is 6.59. The number of ether oxygens (including phenoxy) is 1. The molecule has 2 nitrogen and oxygen atoms in total. The molecule has 76 valence electrons. The summed E-state index contributed by atoms with van der Waals surface area (Å²) in [6, 6.07) is 7.45. The predicted molar refractivity (Wildman–Crippen MR) is 57.4 cm³/mol. The van der Waals surface area contributed by atoms with Gasteiger partial charge in [-0.25, -0.2) is 0 Å². The molecule has 0 radical (unpaired) electrons. The monoisotopic (exact) mass is 192 g/mol. The molecule has 1 atom stereocenters. The average molecular weight is 192 g/mol. The molecule has 0 amide bonds. The Morgan fingerprint density at radius 3 is 2.86 bits per heavy atom. The zero-order valence-corrected chi connectivity index (χ0v) is 8.66. The van der Waals surface area contributed by atoms with Crippen molar-refractivity contribution >= 4 is 0 Å². The van der Waals surface area contributed by atoms with Gasteiger partial charge in [0.15, 0.2) is 0 Å². The minimum atomic E-state index is -0.455. The van der Waals surface area contributed by atoms with Crippen LogP contribution < -0.4 is 4.74 Å². The van der Waals surface area contributed by atoms with Crippen LogP contribution in [0.3, 0.4) is 0 Å². The van der Waals surface area contributed by atoms with Crippen LogP contribution in [-0.2, 0) is 0 Å². The first kappa shape index (κ1) is 10.8. The zero-order chi connectivity index (χ0) is 10.6. The van der Waals surface area contributed by atoms with Crippen molar-refractivity contribution in [1.29, 1.82) is 0 Å². The predicted octanol–water partition coefficient (Wildman–Crippen LogP) is 2.69. The van der Waals surface area contributed by atoms with Gasteiger partial charge in [-0.05, 0) is 37.1 Å². The minimum Gasteiger partial charge on any atom is -0.489 e. The van der Waals surface area contributed by atoms with Gasteiger partial charge in [-0.2, -0.15) is 0 Å². The second kappa shape index (κ2) is 4.82. The Hall–Kier alpha value is -1.28. The Bertz CT molecular complexity index is 316. The van der Waals surface area contributed by atoms with Crippen LogP contribution in [0.4, 0.5) is 0 Å². The largest absolute Gasteiger partial charge is 0.489 e. The third kappa shape index (κ3) is 3.23. The Balaban J connectivity index is 2.68. The normalized spacial score (nSPS) is 12.2. The van der Waals surface area contributed by atoms with E-state index in [1.54, 1.807) is 6.92 Å². The third-order valence-electron chi connectivity index (χ3n) is 1.83. The molecule has 0 unspecified atom stereocenters. The lowest BCUT2D eigenvalue weighted by Crippen LogP contribution is -1.98. The van der Waals surface area contributed by atoms with Gasteiger partial charge in [-0.15, -0.1) is 0 Å². The lowest BCUT2D eigenvalue weighted by atomic mass is 10.1. The quantitative estimate of drug-likeness (QED) is 0.743. The standard InChI is InChI=1S/C12H16O2/c1-9(2)8-14-12-6-4-5-11(7-12)10(3)13/h4-7,10,13H,1,8H2,2-3H3/t10-/m1/s1. The van der Waals surface area contributed by atoms with Gasteiger partial charge in [0, 0.05) is 0 Å². The summed E-state index contributed by atoms with van der Waals surface area (Å²) in [6.45, 7) is 7.92. The van der Waals surface area contributed by atoms with E-state index in [1.165, 1.54) is 0 Å². The van der Waals surface area contributed by atoms with Crippen LogP contribution in [0.5, 0.6) is 5.75 Å². The van der Waals surface area contributed by atoms with Crippen LogP contribution in [0.15, 0.2) is 36.4 Å². The van der Waals surface area contributed by atoms with Crippen molar-refractivity contribution in [3.05, 3.63) is 42.0 Å². The lowest BCUT2D eigenvalue weighted by Gasteiger charge is -2.09. The fourth-order valence-electron chi connectivity index (χ4n) is 1.07. The maximum absolute atomic E-state index is 9.35. The van der Waals surface area contributed by atoms with E-state index in [0.29, 0.717) is 6.61 Å². The summed E-state index contributed by atoms with van der Waals surface area (Å²) < 4.78 is 5.45. The minimum absolute atomic E-state index is 0.455. The summed E-state index contributed by atoms with van der Waals surface area (Å²) in [7, 11) is 0. The molecule has 2 heteroatoms. The summed E-state index contributed by atoms with van der Waals surface area (Å²) in [5.74, 6) is 0.770. The van der Waals surface area contributed by atoms with Crippen LogP contribution >= 0.6 is 0 Å². The number of hydrogen-bond donors (Lipinski definition) is 1. The summed E-state index contributed by atoms with van der Waals surface area (Å²) in [4.78, 5) is 0. The van der Waals surface area contributed by atoms with E-state index < -0.39 is 6.10 Å². The van der Waals surface area contributed by atoms with Crippen molar-refractivity contribution in [2.24, 2.45) is 0 Å². The van der Waals surface area contributed by atoms with E-state index in [2.05, 4.69) is 6.58 Å². The number of hydrogen-bond acceptors (Lipinski definition) is 2. The van der Waals surface area contributed by atoms with Crippen LogP contribution in [0.2, 0.25) is 0 Å². The molecule has 0 saturated heterocycles. The first-order valence-corrected chi connectivity index (χ1v) is 4.65. The van der Waals surface area contributed by atoms with E-state index in [9.17, 15) is 5.11 Å². The molecule has 1 aromatic carbocycles. The molecule has 0 aliphatic carbocycles. The molecular formula is C12H16O2. The third-order valence-corrected chi connectivity index (χ3v) is 1.83. The van der Waals surface area contributed by atoms with Crippen LogP contribution in [0.25, 0.3) is 0 Å². The molecule has 0 saturated carbocycles. The number of aliphatic hydroxyl groups excluding tert-OH is 1. The van der Waals surface area contributed by atoms with Gasteiger partial charge in [-0.1, -0.05) is 18.7 Å². The van der Waals surface area contributed by atoms with Crippen molar-refractivity contribution in [2.75, 3.05) is 6.61 Å². The highest BCUT2D eigenvalue weighted by Crippen LogP contribution is 2.18. The van der Waals surface area contributed by atoms with Gasteiger partial charge in [0.25, 0.3) is 0 Å². The second-order valence-corrected chi connectivity index (χ2v) is 3.49. The molecule has 0 bridgehead atoms. The van der Waals surface area contributed by atoms with Crippen LogP contribution in [-0.4, -0.2) is 11.7 Å². The highest BCUT2D eigenvalue weighted by Gasteiger charge is 2.01. The van der Waals surface area contributed by atoms with Gasteiger partial charge in [0.2, 0.25) is 0 Å². The second-order valence-electron chi connectivity index (χ2n) is 3.49. The zero-order valence-electron chi connectivity index (χ0n) is 8.66. The molecule has 14 heavy (non-hydrogen) atoms. The Kier molecular flexibility index (Phi) is 3.72. The number of aliphatic hydroxyl groups is 1. The molecule has 1 rings (SSSR count). The molecule has 0 spiro atoms. The van der Waals surface area contributed by atoms with Gasteiger partial charge >= 0.3 is 0 Å². The molecule has 0 aliphatic heterocycles. The van der Waals surface area contributed by atoms with E-state index in [1.807, 2.05) is 31.2 Å². The topological polar surface area (TPSA) is 29.5 Å². The Morgan fingerprint density at radius 2 is 2.29 bits per heavy atom. The molecule has 0 heterocycles. The number of benzene rings is 1. The number of rotatable bonds is 4. The van der Waals surface area contributed by atoms with Crippen molar-refractivity contribution < 1.29 is 9.84 Å². The SMILES string of the molecule is C=C(C)COc1cccc([C@@H](C)O)c1. The van der Waals surface area contributed by atoms with Gasteiger partial charge in [0.1, 0.15) is 12.4 Å². The van der Waals surface area contributed by atoms with Crippen molar-refractivity contribution in [3.63, 3.8) is 0 Å². The van der Waals surface area contributed by atoms with Gasteiger partial charge in [0.05, 0.1) is 6.10 Å². The van der Waals surface area contributed by atoms with E-state index in [0.717, 1.165) is 16.9 Å². The van der Waals surface area contributed by atoms with Crippen molar-refractivity contribution in [2.45, 2.75) is 20.0 Å². The van der Waals surface area contributed by atoms with Crippen molar-refractivity contribution in [3.8, 4) is 5.75 Å². The van der Waals surface area contributed by atoms with Crippen LogP contribution in [0, 0.1) is 0 Å². The summed E-state index contributed by atoms with van der Waals surface area (Å²) in [5, 5.41) is 9.35. The summed E-state index contributed by atoms with van der Waals surface area (Å²) >= 11 is 0. The molecule has 0 fully saturated rings. The molecule has 1 aromatic rings. The molecule has 0 aromatic heterocycles. The molecule has 1 N–H and O–H groups in total. The van der Waals surface area contributed by atoms with E-state index >= 15 is 0 Å².